The highest BCUT2D eigenvalue weighted by Gasteiger charge is 2.19. The van der Waals surface area contributed by atoms with E-state index >= 15 is 0 Å². The monoisotopic (exact) mass is 869 g/mol. The van der Waals surface area contributed by atoms with Crippen molar-refractivity contribution in [1.82, 2.24) is 0 Å². The lowest BCUT2D eigenvalue weighted by atomic mass is 10.0. The number of unbranched alkanes of at least 4 members (excludes halogenated alkanes) is 29. The van der Waals surface area contributed by atoms with E-state index in [2.05, 4.69) is 69.4 Å². The van der Waals surface area contributed by atoms with Crippen LogP contribution < -0.4 is 0 Å². The predicted molar refractivity (Wildman–Crippen MR) is 265 cm³/mol. The van der Waals surface area contributed by atoms with Crippen LogP contribution in [-0.4, -0.2) is 37.2 Å². The predicted octanol–water partition coefficient (Wildman–Crippen LogP) is 17.5. The lowest BCUT2D eigenvalue weighted by molar-refractivity contribution is -0.167. The van der Waals surface area contributed by atoms with Gasteiger partial charge in [0.05, 0.1) is 0 Å². The summed E-state index contributed by atoms with van der Waals surface area (Å²) in [6.07, 6.45) is 61.0. The lowest BCUT2D eigenvalue weighted by Crippen LogP contribution is -2.30. The second-order valence-corrected chi connectivity index (χ2v) is 17.8. The molecule has 0 saturated heterocycles. The molecule has 0 aliphatic rings. The van der Waals surface area contributed by atoms with Gasteiger partial charge in [0.25, 0.3) is 0 Å². The largest absolute Gasteiger partial charge is 0.462 e. The molecule has 360 valence electrons. The molecule has 0 aliphatic carbocycles. The maximum atomic E-state index is 12.8. The average Bonchev–Trinajstić information content (AvgIpc) is 3.27. The van der Waals surface area contributed by atoms with Gasteiger partial charge in [-0.2, -0.15) is 0 Å². The topological polar surface area (TPSA) is 78.9 Å². The maximum absolute atomic E-state index is 12.8. The minimum Gasteiger partial charge on any atom is -0.462 e. The van der Waals surface area contributed by atoms with Gasteiger partial charge < -0.3 is 14.2 Å². The van der Waals surface area contributed by atoms with Gasteiger partial charge in [0.2, 0.25) is 0 Å². The molecule has 62 heavy (non-hydrogen) atoms. The summed E-state index contributed by atoms with van der Waals surface area (Å²) < 4.78 is 16.8. The summed E-state index contributed by atoms with van der Waals surface area (Å²) >= 11 is 0. The molecule has 1 atom stereocenters. The Hall–Kier alpha value is -2.63. The summed E-state index contributed by atoms with van der Waals surface area (Å²) in [6, 6.07) is 0. The van der Waals surface area contributed by atoms with E-state index in [0.29, 0.717) is 19.3 Å². The van der Waals surface area contributed by atoms with E-state index in [0.717, 1.165) is 83.5 Å². The number of esters is 3. The number of carbonyl (C=O) groups excluding carboxylic acids is 3. The summed E-state index contributed by atoms with van der Waals surface area (Å²) in [6.45, 7) is 6.51. The van der Waals surface area contributed by atoms with Crippen LogP contribution in [0, 0.1) is 0 Å². The van der Waals surface area contributed by atoms with Gasteiger partial charge in [-0.25, -0.2) is 0 Å². The van der Waals surface area contributed by atoms with Gasteiger partial charge >= 0.3 is 17.9 Å². The second-order valence-electron chi connectivity index (χ2n) is 17.8. The van der Waals surface area contributed by atoms with Crippen molar-refractivity contribution in [1.29, 1.82) is 0 Å². The van der Waals surface area contributed by atoms with Crippen molar-refractivity contribution < 1.29 is 28.6 Å². The molecule has 0 aromatic rings. The van der Waals surface area contributed by atoms with Crippen molar-refractivity contribution in [3.8, 4) is 0 Å². The molecule has 0 bridgehead atoms. The van der Waals surface area contributed by atoms with Crippen LogP contribution in [0.1, 0.15) is 271 Å². The van der Waals surface area contributed by atoms with Crippen LogP contribution >= 0.6 is 0 Å². The van der Waals surface area contributed by atoms with Gasteiger partial charge in [0.15, 0.2) is 6.10 Å². The van der Waals surface area contributed by atoms with Crippen molar-refractivity contribution in [3.05, 3.63) is 48.6 Å². The van der Waals surface area contributed by atoms with E-state index in [1.54, 1.807) is 0 Å². The van der Waals surface area contributed by atoms with Crippen molar-refractivity contribution in [2.75, 3.05) is 13.2 Å². The van der Waals surface area contributed by atoms with Gasteiger partial charge in [-0.05, 0) is 57.8 Å². The average molecular weight is 869 g/mol. The molecule has 0 N–H and O–H groups in total. The van der Waals surface area contributed by atoms with Crippen LogP contribution in [0.2, 0.25) is 0 Å². The fourth-order valence-corrected chi connectivity index (χ4v) is 7.61. The number of carbonyl (C=O) groups is 3. The van der Waals surface area contributed by atoms with Gasteiger partial charge in [-0.15, -0.1) is 0 Å². The molecule has 0 amide bonds. The lowest BCUT2D eigenvalue weighted by Gasteiger charge is -2.18. The quantitative estimate of drug-likeness (QED) is 0.0262. The SMILES string of the molecule is CC/C=C\C/C=C\C/C=C\C/C=C\CCCCC(=O)OC[C@H](COC(=O)CCCCCCCCCCCCCC)OC(=O)CCCCCCCCCCCCCCCCCCC. The third-order valence-corrected chi connectivity index (χ3v) is 11.6. The molecule has 6 nitrogen and oxygen atoms in total. The van der Waals surface area contributed by atoms with E-state index in [1.807, 2.05) is 0 Å². The Morgan fingerprint density at radius 1 is 0.339 bits per heavy atom. The highest BCUT2D eigenvalue weighted by atomic mass is 16.6. The first-order chi connectivity index (χ1) is 30.5. The van der Waals surface area contributed by atoms with E-state index in [-0.39, 0.29) is 31.1 Å². The molecule has 0 aromatic carbocycles. The fraction of sp³-hybridized carbons (Fsp3) is 0.804. The van der Waals surface area contributed by atoms with Gasteiger partial charge in [-0.3, -0.25) is 14.4 Å². The van der Waals surface area contributed by atoms with Crippen molar-refractivity contribution in [2.45, 2.75) is 277 Å². The van der Waals surface area contributed by atoms with Crippen molar-refractivity contribution >= 4 is 17.9 Å². The molecule has 0 spiro atoms. The van der Waals surface area contributed by atoms with E-state index < -0.39 is 6.10 Å². The summed E-state index contributed by atoms with van der Waals surface area (Å²) in [4.78, 5) is 38.0. The molecule has 0 heterocycles. The first kappa shape index (κ1) is 59.4. The van der Waals surface area contributed by atoms with Crippen molar-refractivity contribution in [2.24, 2.45) is 0 Å². The van der Waals surface area contributed by atoms with Gasteiger partial charge in [0.1, 0.15) is 13.2 Å². The first-order valence-corrected chi connectivity index (χ1v) is 26.6. The van der Waals surface area contributed by atoms with E-state index in [4.69, 9.17) is 14.2 Å². The number of rotatable bonds is 48. The zero-order valence-electron chi connectivity index (χ0n) is 41.1. The molecule has 0 rings (SSSR count). The van der Waals surface area contributed by atoms with E-state index in [9.17, 15) is 14.4 Å². The first-order valence-electron chi connectivity index (χ1n) is 26.6. The standard InChI is InChI=1S/C56H100O6/c1-4-7-10-13-16-19-22-25-27-28-30-32-35-38-41-44-47-50-56(59)62-53(51-60-54(57)48-45-42-39-36-33-24-21-18-15-12-9-6-3)52-61-55(58)49-46-43-40-37-34-31-29-26-23-20-17-14-11-8-5-2/h8,11,17,20,26,29,34,37,53H,4-7,9-10,12-16,18-19,21-25,27-28,30-33,35-36,38-52H2,1-3H3/b11-8-,20-17-,29-26-,37-34-/t53-/m0/s1. The van der Waals surface area contributed by atoms with Crippen LogP contribution in [0.5, 0.6) is 0 Å². The molecule has 6 heteroatoms. The highest BCUT2D eigenvalue weighted by molar-refractivity contribution is 5.71. The number of hydrogen-bond acceptors (Lipinski definition) is 6. The Kier molecular flexibility index (Phi) is 48.8. The van der Waals surface area contributed by atoms with Crippen LogP contribution in [0.3, 0.4) is 0 Å². The smallest absolute Gasteiger partial charge is 0.306 e. The number of ether oxygens (including phenoxy) is 3. The molecule has 0 fully saturated rings. The van der Waals surface area contributed by atoms with Crippen LogP contribution in [0.15, 0.2) is 48.6 Å². The van der Waals surface area contributed by atoms with Crippen LogP contribution in [0.4, 0.5) is 0 Å². The van der Waals surface area contributed by atoms with Crippen molar-refractivity contribution in [3.63, 3.8) is 0 Å². The Morgan fingerprint density at radius 3 is 0.984 bits per heavy atom. The minimum absolute atomic E-state index is 0.0824. The summed E-state index contributed by atoms with van der Waals surface area (Å²) in [7, 11) is 0. The minimum atomic E-state index is -0.785. The summed E-state index contributed by atoms with van der Waals surface area (Å²) in [5, 5.41) is 0. The Balaban J connectivity index is 4.39. The fourth-order valence-electron chi connectivity index (χ4n) is 7.61. The van der Waals surface area contributed by atoms with Crippen LogP contribution in [-0.2, 0) is 28.6 Å². The normalized spacial score (nSPS) is 12.4. The molecule has 0 aliphatic heterocycles. The third kappa shape index (κ3) is 48.4. The second kappa shape index (κ2) is 51.0. The van der Waals surface area contributed by atoms with Gasteiger partial charge in [0, 0.05) is 19.3 Å². The molecule has 0 unspecified atom stereocenters. The molecule has 0 aromatic heterocycles. The molecule has 0 saturated carbocycles. The van der Waals surface area contributed by atoms with Gasteiger partial charge in [-0.1, -0.05) is 243 Å². The zero-order valence-corrected chi connectivity index (χ0v) is 41.1. The molecular weight excluding hydrogens is 769 g/mol. The van der Waals surface area contributed by atoms with Crippen LogP contribution in [0.25, 0.3) is 0 Å². The third-order valence-electron chi connectivity index (χ3n) is 11.6. The molecule has 0 radical (unpaired) electrons. The number of hydrogen-bond donors (Lipinski definition) is 0. The maximum Gasteiger partial charge on any atom is 0.306 e. The number of allylic oxidation sites excluding steroid dienone is 8. The zero-order chi connectivity index (χ0) is 45.1. The Morgan fingerprint density at radius 2 is 0.629 bits per heavy atom. The Labute approximate surface area is 384 Å². The Bertz CT molecular complexity index is 1090. The summed E-state index contributed by atoms with van der Waals surface area (Å²) in [5.41, 5.74) is 0. The van der Waals surface area contributed by atoms with E-state index in [1.165, 1.54) is 148 Å². The summed E-state index contributed by atoms with van der Waals surface area (Å²) in [5.74, 6) is -0.914. The molecular formula is C56H100O6. The highest BCUT2D eigenvalue weighted by Crippen LogP contribution is 2.16.